The smallest absolute Gasteiger partial charge is 0.155 e. The fourth-order valence-corrected chi connectivity index (χ4v) is 3.10. The Morgan fingerprint density at radius 3 is 2.71 bits per heavy atom. The molecule has 5 heteroatoms. The van der Waals surface area contributed by atoms with E-state index in [9.17, 15) is 0 Å². The van der Waals surface area contributed by atoms with Crippen molar-refractivity contribution in [2.45, 2.75) is 19.4 Å². The van der Waals surface area contributed by atoms with Gasteiger partial charge in [0.15, 0.2) is 5.75 Å². The molecule has 0 saturated heterocycles. The Hall–Kier alpha value is 0.370. The summed E-state index contributed by atoms with van der Waals surface area (Å²) < 4.78 is 7.31. The van der Waals surface area contributed by atoms with Gasteiger partial charge in [-0.05, 0) is 57.7 Å². The molecule has 14 heavy (non-hydrogen) atoms. The van der Waals surface area contributed by atoms with Crippen molar-refractivity contribution in [2.75, 3.05) is 7.11 Å². The number of hydrogen-bond acceptors (Lipinski definition) is 3. The second-order valence-corrected chi connectivity index (χ2v) is 5.13. The minimum Gasteiger partial charge on any atom is -0.494 e. The van der Waals surface area contributed by atoms with Gasteiger partial charge in [-0.3, -0.25) is 0 Å². The first-order valence-corrected chi connectivity index (χ1v) is 6.41. The van der Waals surface area contributed by atoms with Crippen molar-refractivity contribution in [3.63, 3.8) is 0 Å². The molecule has 0 aliphatic heterocycles. The Kier molecular flexibility index (Phi) is 4.84. The fourth-order valence-electron chi connectivity index (χ4n) is 1.14. The average Bonchev–Trinajstić information content (AvgIpc) is 2.15. The van der Waals surface area contributed by atoms with Crippen molar-refractivity contribution in [3.8, 4) is 5.75 Å². The van der Waals surface area contributed by atoms with Gasteiger partial charge in [0.2, 0.25) is 0 Å². The van der Waals surface area contributed by atoms with Gasteiger partial charge in [-0.15, -0.1) is 0 Å². The first-order valence-electron chi connectivity index (χ1n) is 4.25. The van der Waals surface area contributed by atoms with Crippen LogP contribution in [-0.4, -0.2) is 12.1 Å². The molecular formula is C9H12I2N2O. The van der Waals surface area contributed by atoms with Crippen LogP contribution in [0.4, 0.5) is 0 Å². The molecular weight excluding hydrogens is 406 g/mol. The summed E-state index contributed by atoms with van der Waals surface area (Å²) in [5, 5.41) is 0. The van der Waals surface area contributed by atoms with Crippen molar-refractivity contribution in [3.05, 3.63) is 19.0 Å². The lowest BCUT2D eigenvalue weighted by molar-refractivity contribution is 0.397. The summed E-state index contributed by atoms with van der Waals surface area (Å²) in [6, 6.07) is 1.93. The number of hydrogen-bond donors (Lipinski definition) is 1. The molecule has 78 valence electrons. The number of methoxy groups -OCH3 is 1. The Morgan fingerprint density at radius 2 is 2.21 bits per heavy atom. The van der Waals surface area contributed by atoms with E-state index in [0.717, 1.165) is 25.1 Å². The molecule has 1 aromatic heterocycles. The highest BCUT2D eigenvalue weighted by molar-refractivity contribution is 14.1. The van der Waals surface area contributed by atoms with Crippen LogP contribution in [0, 0.1) is 7.27 Å². The van der Waals surface area contributed by atoms with Crippen LogP contribution in [0.25, 0.3) is 0 Å². The van der Waals surface area contributed by atoms with E-state index in [0.29, 0.717) is 0 Å². The highest BCUT2D eigenvalue weighted by Crippen LogP contribution is 2.29. The lowest BCUT2D eigenvalue weighted by atomic mass is 10.1. The van der Waals surface area contributed by atoms with Gasteiger partial charge in [0.05, 0.1) is 16.7 Å². The molecule has 2 N–H and O–H groups in total. The molecule has 0 radical (unpaired) electrons. The SMILES string of the molecule is CC[C@H](N)c1nc(I)cc(I)c1OC. The maximum Gasteiger partial charge on any atom is 0.155 e. The molecule has 0 unspecified atom stereocenters. The minimum absolute atomic E-state index is 0.0480. The number of ether oxygens (including phenoxy) is 1. The standard InChI is InChI=1S/C9H12I2N2O/c1-3-6(12)8-9(14-2)5(10)4-7(11)13-8/h4,6H,3,12H2,1-2H3/t6-/m0/s1. The van der Waals surface area contributed by atoms with Crippen molar-refractivity contribution >= 4 is 45.2 Å². The van der Waals surface area contributed by atoms with Crippen molar-refractivity contribution in [1.29, 1.82) is 0 Å². The zero-order valence-corrected chi connectivity index (χ0v) is 12.4. The highest BCUT2D eigenvalue weighted by atomic mass is 127. The van der Waals surface area contributed by atoms with Crippen molar-refractivity contribution in [1.82, 2.24) is 4.98 Å². The molecule has 0 amide bonds. The molecule has 0 saturated carbocycles. The van der Waals surface area contributed by atoms with Crippen LogP contribution < -0.4 is 10.5 Å². The number of halogens is 2. The molecule has 0 aliphatic carbocycles. The van der Waals surface area contributed by atoms with Gasteiger partial charge in [-0.25, -0.2) is 4.98 Å². The lowest BCUT2D eigenvalue weighted by Crippen LogP contribution is -2.13. The zero-order chi connectivity index (χ0) is 10.7. The molecule has 0 aromatic carbocycles. The predicted molar refractivity (Wildman–Crippen MR) is 73.4 cm³/mol. The average molecular weight is 418 g/mol. The van der Waals surface area contributed by atoms with Crippen LogP contribution in [0.1, 0.15) is 25.1 Å². The molecule has 0 fully saturated rings. The van der Waals surface area contributed by atoms with Gasteiger partial charge in [0, 0.05) is 0 Å². The maximum absolute atomic E-state index is 5.96. The van der Waals surface area contributed by atoms with Crippen LogP contribution in [0.3, 0.4) is 0 Å². The van der Waals surface area contributed by atoms with Crippen LogP contribution in [-0.2, 0) is 0 Å². The van der Waals surface area contributed by atoms with E-state index in [1.165, 1.54) is 0 Å². The zero-order valence-electron chi connectivity index (χ0n) is 8.05. The summed E-state index contributed by atoms with van der Waals surface area (Å²) in [5.74, 6) is 0.806. The third kappa shape index (κ3) is 2.69. The number of nitrogens with zero attached hydrogens (tertiary/aromatic N) is 1. The number of pyridine rings is 1. The molecule has 0 bridgehead atoms. The highest BCUT2D eigenvalue weighted by Gasteiger charge is 2.15. The number of rotatable bonds is 3. The van der Waals surface area contributed by atoms with E-state index >= 15 is 0 Å². The van der Waals surface area contributed by atoms with Gasteiger partial charge in [0.1, 0.15) is 9.39 Å². The summed E-state index contributed by atoms with van der Waals surface area (Å²) in [4.78, 5) is 4.41. The summed E-state index contributed by atoms with van der Waals surface area (Å²) in [7, 11) is 1.65. The molecule has 1 aromatic rings. The molecule has 1 heterocycles. The van der Waals surface area contributed by atoms with Crippen molar-refractivity contribution < 1.29 is 4.74 Å². The monoisotopic (exact) mass is 418 g/mol. The quantitative estimate of drug-likeness (QED) is 0.607. The Morgan fingerprint density at radius 1 is 1.57 bits per heavy atom. The van der Waals surface area contributed by atoms with Gasteiger partial charge in [0.25, 0.3) is 0 Å². The van der Waals surface area contributed by atoms with Gasteiger partial charge >= 0.3 is 0 Å². The van der Waals surface area contributed by atoms with Crippen LogP contribution >= 0.6 is 45.2 Å². The van der Waals surface area contributed by atoms with E-state index < -0.39 is 0 Å². The van der Waals surface area contributed by atoms with E-state index in [1.54, 1.807) is 7.11 Å². The van der Waals surface area contributed by atoms with Crippen LogP contribution in [0.5, 0.6) is 5.75 Å². The molecule has 1 rings (SSSR count). The predicted octanol–water partition coefficient (Wildman–Crippen LogP) is 2.71. The van der Waals surface area contributed by atoms with Crippen LogP contribution in [0.2, 0.25) is 0 Å². The second-order valence-electron chi connectivity index (χ2n) is 2.86. The Bertz CT molecular complexity index is 331. The van der Waals surface area contributed by atoms with E-state index in [4.69, 9.17) is 10.5 Å². The summed E-state index contributed by atoms with van der Waals surface area (Å²) in [6.07, 6.45) is 0.861. The van der Waals surface area contributed by atoms with Crippen molar-refractivity contribution in [2.24, 2.45) is 5.73 Å². The normalized spacial score (nSPS) is 12.6. The van der Waals surface area contributed by atoms with Gasteiger partial charge in [-0.1, -0.05) is 6.92 Å². The topological polar surface area (TPSA) is 48.1 Å². The van der Waals surface area contributed by atoms with Gasteiger partial charge in [-0.2, -0.15) is 0 Å². The Labute approximate surface area is 111 Å². The van der Waals surface area contributed by atoms with E-state index in [2.05, 4.69) is 50.2 Å². The molecule has 0 spiro atoms. The number of aromatic nitrogens is 1. The third-order valence-corrected chi connectivity index (χ3v) is 3.27. The number of nitrogens with two attached hydrogens (primary N) is 1. The van der Waals surface area contributed by atoms with E-state index in [1.807, 2.05) is 13.0 Å². The summed E-state index contributed by atoms with van der Waals surface area (Å²) in [6.45, 7) is 2.04. The van der Waals surface area contributed by atoms with Gasteiger partial charge < -0.3 is 10.5 Å². The largest absolute Gasteiger partial charge is 0.494 e. The first-order chi connectivity index (χ1) is 6.60. The molecule has 1 atom stereocenters. The minimum atomic E-state index is -0.0480. The molecule has 3 nitrogen and oxygen atoms in total. The third-order valence-electron chi connectivity index (χ3n) is 1.92. The summed E-state index contributed by atoms with van der Waals surface area (Å²) in [5.41, 5.74) is 6.81. The Balaban J connectivity index is 3.24. The van der Waals surface area contributed by atoms with Crippen LogP contribution in [0.15, 0.2) is 6.07 Å². The summed E-state index contributed by atoms with van der Waals surface area (Å²) >= 11 is 4.42. The first kappa shape index (κ1) is 12.4. The van der Waals surface area contributed by atoms with E-state index in [-0.39, 0.29) is 6.04 Å². The second kappa shape index (κ2) is 5.45. The maximum atomic E-state index is 5.96. The lowest BCUT2D eigenvalue weighted by Gasteiger charge is -2.14. The fraction of sp³-hybridized carbons (Fsp3) is 0.444. The molecule has 0 aliphatic rings.